The van der Waals surface area contributed by atoms with Crippen molar-refractivity contribution in [2.45, 2.75) is 50.2 Å². The number of halogens is 2. The zero-order chi connectivity index (χ0) is 44.5. The number of anilines is 1. The number of nitrogens with zero attached hydrogens (tertiary/aromatic N) is 6. The third kappa shape index (κ3) is 6.39. The molecule has 1 saturated heterocycles. The Bertz CT molecular complexity index is 3070. The number of phenolic OH excluding ortho intramolecular Hbond substituents is 1. The van der Waals surface area contributed by atoms with E-state index in [1.54, 1.807) is 68.6 Å². The van der Waals surface area contributed by atoms with E-state index in [1.807, 2.05) is 0 Å². The van der Waals surface area contributed by atoms with Crippen LogP contribution in [0.15, 0.2) is 105 Å². The lowest BCUT2D eigenvalue weighted by molar-refractivity contribution is -0.138. The Morgan fingerprint density at radius 3 is 2.33 bits per heavy atom. The number of fused-ring (bicyclic) bond motifs is 5. The number of imide groups is 1. The molecule has 63 heavy (non-hydrogen) atoms. The van der Waals surface area contributed by atoms with Crippen LogP contribution < -0.4 is 36.6 Å². The van der Waals surface area contributed by atoms with Crippen LogP contribution in [0.2, 0.25) is 5.02 Å². The molecule has 2 fully saturated rings. The Morgan fingerprint density at radius 2 is 1.63 bits per heavy atom. The molecule has 2 N–H and O–H groups in total. The summed E-state index contributed by atoms with van der Waals surface area (Å²) in [5.74, 6) is -3.05. The van der Waals surface area contributed by atoms with Crippen molar-refractivity contribution in [1.29, 1.82) is 0 Å². The fourth-order valence-corrected chi connectivity index (χ4v) is 9.73. The zero-order valence-electron chi connectivity index (χ0n) is 34.5. The van der Waals surface area contributed by atoms with E-state index in [2.05, 4.69) is 10.4 Å². The number of ether oxygens (including phenoxy) is 3. The van der Waals surface area contributed by atoms with Crippen LogP contribution in [-0.2, 0) is 41.6 Å². The number of amides is 2. The first-order valence-electron chi connectivity index (χ1n) is 20.2. The maximum Gasteiger partial charge on any atom is 0.347 e. The number of carbonyl (C=O) groups excluding carboxylic acids is 2. The number of carbonyl (C=O) groups is 2. The summed E-state index contributed by atoms with van der Waals surface area (Å²) in [6.07, 6.45) is 1.64. The highest BCUT2D eigenvalue weighted by Crippen LogP contribution is 2.62. The van der Waals surface area contributed by atoms with E-state index in [1.165, 1.54) is 58.5 Å². The second-order valence-electron chi connectivity index (χ2n) is 15.6. The van der Waals surface area contributed by atoms with Crippen molar-refractivity contribution in [3.63, 3.8) is 0 Å². The third-order valence-electron chi connectivity index (χ3n) is 12.4. The Morgan fingerprint density at radius 1 is 0.921 bits per heavy atom. The summed E-state index contributed by atoms with van der Waals surface area (Å²) in [4.78, 5) is 77.4. The van der Waals surface area contributed by atoms with Gasteiger partial charge in [-0.15, -0.1) is 0 Å². The molecule has 1 aliphatic carbocycles. The zero-order valence-corrected chi connectivity index (χ0v) is 35.3. The van der Waals surface area contributed by atoms with Gasteiger partial charge in [0.15, 0.2) is 23.0 Å². The van der Waals surface area contributed by atoms with Crippen LogP contribution in [-0.4, -0.2) is 66.2 Å². The van der Waals surface area contributed by atoms with Gasteiger partial charge < -0.3 is 23.9 Å². The monoisotopic (exact) mass is 877 g/mol. The first kappa shape index (κ1) is 41.2. The van der Waals surface area contributed by atoms with Crippen LogP contribution in [0.4, 0.5) is 10.1 Å². The lowest BCUT2D eigenvalue weighted by atomic mass is 9.53. The Balaban J connectivity index is 1.18. The van der Waals surface area contributed by atoms with Crippen molar-refractivity contribution >= 4 is 40.1 Å². The summed E-state index contributed by atoms with van der Waals surface area (Å²) < 4.78 is 35.7. The molecule has 1 saturated carbocycles. The SMILES string of the molecule is CCOc1cc([C@H]2C3=CCn4c(=O)n(CCc5nc6cc(OC)c(OC)cc6n(C)c5=O)c(=O)n4[C@@H]3C[C@H]3C(=O)N(Nc4ccc(F)cc4)C(=O)[C@@]23c2ccc(Cl)cc2)ccc1O. The van der Waals surface area contributed by atoms with Gasteiger partial charge in [0, 0.05) is 43.1 Å². The number of allylic oxidation sites excluding steroid dienone is 2. The van der Waals surface area contributed by atoms with E-state index < -0.39 is 57.9 Å². The number of methoxy groups -OCH3 is 2. The number of aromatic hydroxyl groups is 1. The highest BCUT2D eigenvalue weighted by atomic mass is 35.5. The van der Waals surface area contributed by atoms with Crippen LogP contribution in [0.1, 0.15) is 42.1 Å². The molecule has 0 bridgehead atoms. The van der Waals surface area contributed by atoms with E-state index >= 15 is 4.79 Å². The molecule has 6 aromatic rings. The molecular formula is C45H41ClFN7O9. The second-order valence-corrected chi connectivity index (χ2v) is 16.0. The van der Waals surface area contributed by atoms with Gasteiger partial charge in [-0.1, -0.05) is 35.9 Å². The van der Waals surface area contributed by atoms with Crippen molar-refractivity contribution in [3.8, 4) is 23.0 Å². The van der Waals surface area contributed by atoms with Crippen LogP contribution in [0.3, 0.4) is 0 Å². The normalized spacial score (nSPS) is 20.3. The number of rotatable bonds is 11. The lowest BCUT2D eigenvalue weighted by Crippen LogP contribution is -2.53. The van der Waals surface area contributed by atoms with Crippen LogP contribution in [0.5, 0.6) is 23.0 Å². The summed E-state index contributed by atoms with van der Waals surface area (Å²) in [5, 5.41) is 12.2. The average molecular weight is 878 g/mol. The van der Waals surface area contributed by atoms with Gasteiger partial charge in [-0.25, -0.2) is 32.9 Å². The number of benzene rings is 4. The fourth-order valence-electron chi connectivity index (χ4n) is 9.60. The molecule has 0 unspecified atom stereocenters. The summed E-state index contributed by atoms with van der Waals surface area (Å²) in [7, 11) is 4.56. The smallest absolute Gasteiger partial charge is 0.347 e. The molecule has 3 aliphatic rings. The van der Waals surface area contributed by atoms with Gasteiger partial charge in [-0.3, -0.25) is 19.8 Å². The molecule has 16 nitrogen and oxygen atoms in total. The summed E-state index contributed by atoms with van der Waals surface area (Å²) in [6, 6.07) is 18.9. The minimum atomic E-state index is -1.67. The fraction of sp³-hybridized carbons (Fsp3) is 0.289. The quantitative estimate of drug-likeness (QED) is 0.134. The third-order valence-corrected chi connectivity index (χ3v) is 12.7. The molecule has 4 heterocycles. The van der Waals surface area contributed by atoms with Gasteiger partial charge in [0.2, 0.25) is 0 Å². The average Bonchev–Trinajstić information content (AvgIpc) is 3.65. The van der Waals surface area contributed by atoms with Gasteiger partial charge in [0.25, 0.3) is 17.4 Å². The maximum absolute atomic E-state index is 15.4. The maximum atomic E-state index is 15.4. The minimum absolute atomic E-state index is 0.0710. The van der Waals surface area contributed by atoms with Crippen LogP contribution >= 0.6 is 11.6 Å². The Kier molecular flexibility index (Phi) is 10.2. The number of nitrogens with one attached hydrogen (secondary N) is 1. The molecule has 4 atom stereocenters. The van der Waals surface area contributed by atoms with Gasteiger partial charge in [0.05, 0.1) is 61.5 Å². The summed E-state index contributed by atoms with van der Waals surface area (Å²) >= 11 is 6.40. The summed E-state index contributed by atoms with van der Waals surface area (Å²) in [6.45, 7) is 1.70. The number of aromatic nitrogens is 5. The van der Waals surface area contributed by atoms with Crippen LogP contribution in [0, 0.1) is 11.7 Å². The number of hydrogen-bond donors (Lipinski definition) is 2. The van der Waals surface area contributed by atoms with E-state index in [9.17, 15) is 28.7 Å². The molecule has 9 rings (SSSR count). The van der Waals surface area contributed by atoms with Gasteiger partial charge in [0.1, 0.15) is 11.5 Å². The van der Waals surface area contributed by atoms with Gasteiger partial charge in [-0.2, -0.15) is 5.01 Å². The largest absolute Gasteiger partial charge is 0.504 e. The molecule has 0 spiro atoms. The molecule has 2 amide bonds. The van der Waals surface area contributed by atoms with Crippen LogP contribution in [0.25, 0.3) is 11.0 Å². The molecule has 4 aromatic carbocycles. The van der Waals surface area contributed by atoms with Gasteiger partial charge >= 0.3 is 11.4 Å². The lowest BCUT2D eigenvalue weighted by Gasteiger charge is -2.49. The second kappa shape index (κ2) is 15.6. The van der Waals surface area contributed by atoms with Crippen molar-refractivity contribution in [1.82, 2.24) is 28.5 Å². The predicted octanol–water partition coefficient (Wildman–Crippen LogP) is 4.83. The van der Waals surface area contributed by atoms with Crippen molar-refractivity contribution in [2.24, 2.45) is 13.0 Å². The minimum Gasteiger partial charge on any atom is -0.504 e. The first-order valence-corrected chi connectivity index (χ1v) is 20.6. The van der Waals surface area contributed by atoms with E-state index in [0.29, 0.717) is 44.3 Å². The number of aryl methyl sites for hydroxylation is 2. The molecule has 0 radical (unpaired) electrons. The molecule has 18 heteroatoms. The van der Waals surface area contributed by atoms with E-state index in [-0.39, 0.29) is 55.4 Å². The summed E-state index contributed by atoms with van der Waals surface area (Å²) in [5.41, 5.74) is 2.36. The molecular weight excluding hydrogens is 837 g/mol. The molecule has 2 aliphatic heterocycles. The van der Waals surface area contributed by atoms with E-state index in [4.69, 9.17) is 25.8 Å². The highest BCUT2D eigenvalue weighted by Gasteiger charge is 2.69. The first-order chi connectivity index (χ1) is 30.3. The standard InChI is InChI=1S/C45H41ClFN7O9/c1-5-63-36-20-24(6-15-35(36)55)39-29-16-19-52-43(59)51(18-17-31-41(57)50(2)34-23-38(62-4)37(61-3)22-32(34)48-31)44(60)54(52)33(29)21-30-40(56)53(49-28-13-11-27(47)12-14-28)42(58)45(30,39)25-7-9-26(46)10-8-25/h6-16,20,22-23,30,33,39,49,55H,5,17-19,21H2,1-4H3/t30-,33+,39-,45+/m0/s1. The number of hydrogen-bond acceptors (Lipinski definition) is 11. The topological polar surface area (TPSA) is 181 Å². The van der Waals surface area contributed by atoms with Crippen molar-refractivity contribution in [2.75, 3.05) is 26.3 Å². The molecule has 2 aromatic heterocycles. The molecule has 324 valence electrons. The Hall–Kier alpha value is -7.14. The van der Waals surface area contributed by atoms with Crippen molar-refractivity contribution in [3.05, 3.63) is 149 Å². The predicted molar refractivity (Wildman–Crippen MR) is 229 cm³/mol. The Labute approximate surface area is 362 Å². The number of phenols is 1. The number of hydrazine groups is 1. The van der Waals surface area contributed by atoms with Gasteiger partial charge in [-0.05, 0) is 78.6 Å². The van der Waals surface area contributed by atoms with E-state index in [0.717, 1.165) is 9.58 Å². The highest BCUT2D eigenvalue weighted by molar-refractivity contribution is 6.30. The van der Waals surface area contributed by atoms with Crippen molar-refractivity contribution < 1.29 is 33.3 Å².